The van der Waals surface area contributed by atoms with Gasteiger partial charge >= 0.3 is 5.97 Å². The van der Waals surface area contributed by atoms with Crippen LogP contribution in [0.4, 0.5) is 11.4 Å². The molecule has 2 rings (SSSR count). The Balaban J connectivity index is 2.20. The molecule has 0 saturated carbocycles. The Hall–Kier alpha value is -2.15. The van der Waals surface area contributed by atoms with E-state index < -0.39 is 4.92 Å². The van der Waals surface area contributed by atoms with Crippen molar-refractivity contribution in [1.29, 1.82) is 0 Å². The van der Waals surface area contributed by atoms with Gasteiger partial charge in [0.2, 0.25) is 0 Å². The molecule has 20 heavy (non-hydrogen) atoms. The molecule has 0 aliphatic carbocycles. The first-order valence-electron chi connectivity index (χ1n) is 6.38. The van der Waals surface area contributed by atoms with Crippen LogP contribution in [0.15, 0.2) is 18.2 Å². The van der Waals surface area contributed by atoms with E-state index in [1.165, 1.54) is 13.2 Å². The Labute approximate surface area is 116 Å². The van der Waals surface area contributed by atoms with Crippen LogP contribution in [0.2, 0.25) is 0 Å². The summed E-state index contributed by atoms with van der Waals surface area (Å²) >= 11 is 0. The first kappa shape index (κ1) is 14.3. The number of nitrogen functional groups attached to an aromatic ring is 1. The minimum absolute atomic E-state index is 0.101. The minimum Gasteiger partial charge on any atom is -0.468 e. The number of benzene rings is 1. The Kier molecular flexibility index (Phi) is 4.19. The molecule has 1 unspecified atom stereocenters. The van der Waals surface area contributed by atoms with Gasteiger partial charge in [-0.25, -0.2) is 0 Å². The van der Waals surface area contributed by atoms with Crippen molar-refractivity contribution in [1.82, 2.24) is 4.90 Å². The Morgan fingerprint density at radius 3 is 3.00 bits per heavy atom. The number of hydrogen-bond donors (Lipinski definition) is 1. The van der Waals surface area contributed by atoms with Crippen LogP contribution >= 0.6 is 0 Å². The average molecular weight is 279 g/mol. The third kappa shape index (κ3) is 2.72. The zero-order valence-corrected chi connectivity index (χ0v) is 11.2. The molecule has 7 nitrogen and oxygen atoms in total. The first-order valence-corrected chi connectivity index (χ1v) is 6.38. The van der Waals surface area contributed by atoms with E-state index in [1.54, 1.807) is 12.1 Å². The summed E-state index contributed by atoms with van der Waals surface area (Å²) < 4.78 is 4.77. The van der Waals surface area contributed by atoms with Crippen molar-refractivity contribution >= 4 is 17.3 Å². The highest BCUT2D eigenvalue weighted by molar-refractivity contribution is 5.76. The van der Waals surface area contributed by atoms with E-state index in [0.29, 0.717) is 12.1 Å². The van der Waals surface area contributed by atoms with Crippen molar-refractivity contribution in [3.63, 3.8) is 0 Å². The minimum atomic E-state index is -0.499. The number of likely N-dealkylation sites (tertiary alicyclic amines) is 1. The lowest BCUT2D eigenvalue weighted by Crippen LogP contribution is -2.36. The summed E-state index contributed by atoms with van der Waals surface area (Å²) in [6.07, 6.45) is 1.64. The highest BCUT2D eigenvalue weighted by atomic mass is 16.6. The average Bonchev–Trinajstić information content (AvgIpc) is 2.88. The third-order valence-electron chi connectivity index (χ3n) is 3.58. The van der Waals surface area contributed by atoms with Gasteiger partial charge in [0.25, 0.3) is 5.69 Å². The number of esters is 1. The first-order chi connectivity index (χ1) is 9.54. The number of nitro benzene ring substituents is 1. The lowest BCUT2D eigenvalue weighted by Gasteiger charge is -2.22. The third-order valence-corrected chi connectivity index (χ3v) is 3.58. The van der Waals surface area contributed by atoms with Gasteiger partial charge in [-0.2, -0.15) is 0 Å². The fraction of sp³-hybridized carbons (Fsp3) is 0.462. The maximum Gasteiger partial charge on any atom is 0.323 e. The van der Waals surface area contributed by atoms with E-state index >= 15 is 0 Å². The fourth-order valence-corrected chi connectivity index (χ4v) is 2.53. The molecule has 0 radical (unpaired) electrons. The number of nitrogens with two attached hydrogens (primary N) is 1. The van der Waals surface area contributed by atoms with Gasteiger partial charge < -0.3 is 10.5 Å². The molecular formula is C13H17N3O4. The number of hydrogen-bond acceptors (Lipinski definition) is 6. The second kappa shape index (κ2) is 5.87. The Morgan fingerprint density at radius 2 is 2.35 bits per heavy atom. The topological polar surface area (TPSA) is 98.7 Å². The van der Waals surface area contributed by atoms with Gasteiger partial charge in [-0.1, -0.05) is 12.1 Å². The molecule has 1 heterocycles. The summed E-state index contributed by atoms with van der Waals surface area (Å²) in [5.74, 6) is -0.272. The van der Waals surface area contributed by atoms with Crippen molar-refractivity contribution < 1.29 is 14.5 Å². The monoisotopic (exact) mass is 279 g/mol. The van der Waals surface area contributed by atoms with E-state index in [9.17, 15) is 14.9 Å². The highest BCUT2D eigenvalue weighted by Crippen LogP contribution is 2.28. The van der Waals surface area contributed by atoms with E-state index in [1.807, 2.05) is 4.90 Å². The maximum absolute atomic E-state index is 11.7. The molecule has 1 aromatic rings. The molecule has 108 valence electrons. The second-order valence-corrected chi connectivity index (χ2v) is 4.76. The van der Waals surface area contributed by atoms with Crippen LogP contribution in [0.5, 0.6) is 0 Å². The standard InChI is InChI=1S/C13H17N3O4/c1-20-13(17)11-6-3-7-15(11)8-9-4-2-5-10(12(9)14)16(18)19/h2,4-5,11H,3,6-8,14H2,1H3. The van der Waals surface area contributed by atoms with Crippen molar-refractivity contribution in [2.45, 2.75) is 25.4 Å². The molecule has 1 aliphatic heterocycles. The number of para-hydroxylation sites is 1. The zero-order valence-electron chi connectivity index (χ0n) is 11.2. The van der Waals surface area contributed by atoms with Gasteiger partial charge in [-0.15, -0.1) is 0 Å². The molecule has 2 N–H and O–H groups in total. The van der Waals surface area contributed by atoms with Crippen LogP contribution in [-0.2, 0) is 16.1 Å². The Morgan fingerprint density at radius 1 is 1.60 bits per heavy atom. The predicted octanol–water partition coefficient (Wildman–Crippen LogP) is 1.31. The summed E-state index contributed by atoms with van der Waals surface area (Å²) in [5.41, 5.74) is 6.55. The van der Waals surface area contributed by atoms with Crippen LogP contribution < -0.4 is 5.73 Å². The van der Waals surface area contributed by atoms with Gasteiger partial charge in [0.05, 0.1) is 12.0 Å². The number of carbonyl (C=O) groups excluding carboxylic acids is 1. The van der Waals surface area contributed by atoms with Crippen molar-refractivity contribution in [2.24, 2.45) is 0 Å². The molecular weight excluding hydrogens is 262 g/mol. The predicted molar refractivity (Wildman–Crippen MR) is 73.0 cm³/mol. The van der Waals surface area contributed by atoms with Crippen molar-refractivity contribution in [3.05, 3.63) is 33.9 Å². The number of nitrogens with zero attached hydrogens (tertiary/aromatic N) is 2. The van der Waals surface area contributed by atoms with E-state index in [0.717, 1.165) is 19.4 Å². The molecule has 1 atom stereocenters. The van der Waals surface area contributed by atoms with E-state index in [-0.39, 0.29) is 23.4 Å². The lowest BCUT2D eigenvalue weighted by atomic mass is 10.1. The number of nitro groups is 1. The molecule has 7 heteroatoms. The van der Waals surface area contributed by atoms with Gasteiger partial charge in [0.1, 0.15) is 11.7 Å². The van der Waals surface area contributed by atoms with Crippen LogP contribution in [0.25, 0.3) is 0 Å². The molecule has 0 aromatic heterocycles. The number of rotatable bonds is 4. The van der Waals surface area contributed by atoms with E-state index in [2.05, 4.69) is 0 Å². The number of methoxy groups -OCH3 is 1. The lowest BCUT2D eigenvalue weighted by molar-refractivity contribution is -0.384. The van der Waals surface area contributed by atoms with Gasteiger partial charge in [0, 0.05) is 12.6 Å². The van der Waals surface area contributed by atoms with Crippen LogP contribution in [0.1, 0.15) is 18.4 Å². The normalized spacial score (nSPS) is 18.9. The second-order valence-electron chi connectivity index (χ2n) is 4.76. The number of carbonyl (C=O) groups is 1. The van der Waals surface area contributed by atoms with Gasteiger partial charge in [-0.3, -0.25) is 19.8 Å². The van der Waals surface area contributed by atoms with E-state index in [4.69, 9.17) is 10.5 Å². The molecule has 0 bridgehead atoms. The number of anilines is 1. The van der Waals surface area contributed by atoms with Crippen molar-refractivity contribution in [2.75, 3.05) is 19.4 Å². The quantitative estimate of drug-likeness (QED) is 0.386. The maximum atomic E-state index is 11.7. The summed E-state index contributed by atoms with van der Waals surface area (Å²) in [6, 6.07) is 4.43. The van der Waals surface area contributed by atoms with Crippen LogP contribution in [0.3, 0.4) is 0 Å². The molecule has 1 aromatic carbocycles. The summed E-state index contributed by atoms with van der Waals surface area (Å²) in [7, 11) is 1.36. The van der Waals surface area contributed by atoms with Crippen LogP contribution in [-0.4, -0.2) is 35.5 Å². The van der Waals surface area contributed by atoms with Crippen LogP contribution in [0, 0.1) is 10.1 Å². The summed E-state index contributed by atoms with van der Waals surface area (Å²) in [5, 5.41) is 10.9. The molecule has 1 saturated heterocycles. The molecule has 0 spiro atoms. The highest BCUT2D eigenvalue weighted by Gasteiger charge is 2.32. The summed E-state index contributed by atoms with van der Waals surface area (Å²) in [6.45, 7) is 1.16. The SMILES string of the molecule is COC(=O)C1CCCN1Cc1cccc([N+](=O)[O-])c1N. The summed E-state index contributed by atoms with van der Waals surface area (Å²) in [4.78, 5) is 24.0. The number of ether oxygens (including phenoxy) is 1. The fourth-order valence-electron chi connectivity index (χ4n) is 2.53. The van der Waals surface area contributed by atoms with Crippen molar-refractivity contribution in [3.8, 4) is 0 Å². The van der Waals surface area contributed by atoms with Gasteiger partial charge in [-0.05, 0) is 24.9 Å². The largest absolute Gasteiger partial charge is 0.468 e. The zero-order chi connectivity index (χ0) is 14.7. The molecule has 0 amide bonds. The smallest absolute Gasteiger partial charge is 0.323 e. The molecule has 1 fully saturated rings. The molecule has 1 aliphatic rings. The Bertz CT molecular complexity index is 532. The van der Waals surface area contributed by atoms with Gasteiger partial charge in [0.15, 0.2) is 0 Å².